The normalized spacial score (nSPS) is 17.9. The second-order valence-electron chi connectivity index (χ2n) is 8.43. The topological polar surface area (TPSA) is 111 Å². The number of carbonyl (C=O) groups excluding carboxylic acids is 2. The van der Waals surface area contributed by atoms with Gasteiger partial charge in [0, 0.05) is 18.5 Å². The zero-order valence-corrected chi connectivity index (χ0v) is 18.3. The fourth-order valence-corrected chi connectivity index (χ4v) is 3.49. The number of nitrogens with zero attached hydrogens (tertiary/aromatic N) is 1. The van der Waals surface area contributed by atoms with Gasteiger partial charge < -0.3 is 19.5 Å². The molecule has 10 heteroatoms. The summed E-state index contributed by atoms with van der Waals surface area (Å²) < 4.78 is 41.8. The van der Waals surface area contributed by atoms with Crippen LogP contribution in [0.2, 0.25) is 0 Å². The Morgan fingerprint density at radius 3 is 2.11 bits per heavy atom. The second kappa shape index (κ2) is 9.71. The molecule has 28 heavy (non-hydrogen) atoms. The predicted octanol–water partition coefficient (Wildman–Crippen LogP) is 1.79. The van der Waals surface area contributed by atoms with Gasteiger partial charge in [0.05, 0.1) is 25.7 Å². The number of hydrogen-bond acceptors (Lipinski definition) is 7. The van der Waals surface area contributed by atoms with Crippen molar-refractivity contribution in [2.75, 3.05) is 26.3 Å². The average molecular weight is 421 g/mol. The van der Waals surface area contributed by atoms with Crippen LogP contribution < -0.4 is 5.32 Å². The van der Waals surface area contributed by atoms with Crippen molar-refractivity contribution in [2.24, 2.45) is 0 Å². The minimum absolute atomic E-state index is 0.231. The molecule has 0 unspecified atom stereocenters. The molecule has 0 aromatic carbocycles. The van der Waals surface area contributed by atoms with Crippen LogP contribution >= 0.6 is 0 Å². The number of hydrogen-bond donors (Lipinski definition) is 1. The van der Waals surface area contributed by atoms with Crippen LogP contribution in [0.1, 0.15) is 48.0 Å². The van der Waals surface area contributed by atoms with Crippen LogP contribution in [0.4, 0.5) is 4.79 Å². The molecule has 9 nitrogen and oxygen atoms in total. The summed E-state index contributed by atoms with van der Waals surface area (Å²) in [5.41, 5.74) is -1.43. The Hall–Kier alpha value is -1.65. The van der Waals surface area contributed by atoms with Crippen LogP contribution in [0.15, 0.2) is 11.5 Å². The molecular formula is C18H32N2O7S. The smallest absolute Gasteiger partial charge is 0.408 e. The lowest BCUT2D eigenvalue weighted by molar-refractivity contribution is -0.155. The van der Waals surface area contributed by atoms with E-state index in [0.29, 0.717) is 13.2 Å². The third-order valence-electron chi connectivity index (χ3n) is 3.32. The number of carbonyl (C=O) groups is 2. The Morgan fingerprint density at radius 1 is 1.07 bits per heavy atom. The summed E-state index contributed by atoms with van der Waals surface area (Å²) in [6, 6.07) is -0.902. The zero-order valence-electron chi connectivity index (χ0n) is 17.5. The van der Waals surface area contributed by atoms with Crippen molar-refractivity contribution in [3.63, 3.8) is 0 Å². The van der Waals surface area contributed by atoms with Crippen LogP contribution in [-0.4, -0.2) is 68.3 Å². The Kier molecular flexibility index (Phi) is 8.45. The summed E-state index contributed by atoms with van der Waals surface area (Å²) in [4.78, 5) is 24.2. The molecule has 162 valence electrons. The summed E-state index contributed by atoms with van der Waals surface area (Å²) in [6.45, 7) is 11.4. The highest BCUT2D eigenvalue weighted by atomic mass is 32.2. The van der Waals surface area contributed by atoms with Gasteiger partial charge in [-0.15, -0.1) is 0 Å². The molecular weight excluding hydrogens is 388 g/mol. The zero-order chi connectivity index (χ0) is 21.6. The molecule has 0 aliphatic carbocycles. The standard InChI is InChI=1S/C18H32N2O7S/c1-17(2,3)26-15(21)13-14(19-16(22)27-18(4,5)6)7-12-28(23,24)20-8-10-25-11-9-20/h7,12,14H,8-11,13H2,1-6H3,(H,19,22)/b12-7+/t14-/m1/s1. The maximum absolute atomic E-state index is 12.4. The molecule has 0 aromatic heterocycles. The van der Waals surface area contributed by atoms with Crippen LogP contribution in [0.25, 0.3) is 0 Å². The molecule has 1 heterocycles. The van der Waals surface area contributed by atoms with E-state index in [2.05, 4.69) is 5.32 Å². The minimum atomic E-state index is -3.69. The lowest BCUT2D eigenvalue weighted by Gasteiger charge is -2.25. The van der Waals surface area contributed by atoms with E-state index in [1.807, 2.05) is 0 Å². The number of sulfonamides is 1. The summed E-state index contributed by atoms with van der Waals surface area (Å²) in [5.74, 6) is -0.568. The number of rotatable bonds is 6. The minimum Gasteiger partial charge on any atom is -0.460 e. The molecule has 0 aromatic rings. The van der Waals surface area contributed by atoms with Gasteiger partial charge >= 0.3 is 12.1 Å². The summed E-state index contributed by atoms with van der Waals surface area (Å²) in [5, 5.41) is 3.50. The number of amides is 1. The van der Waals surface area contributed by atoms with Crippen molar-refractivity contribution >= 4 is 22.1 Å². The van der Waals surface area contributed by atoms with Crippen molar-refractivity contribution in [1.29, 1.82) is 0 Å². The third kappa shape index (κ3) is 10.0. The molecule has 1 N–H and O–H groups in total. The maximum atomic E-state index is 12.4. The lowest BCUT2D eigenvalue weighted by atomic mass is 10.1. The van der Waals surface area contributed by atoms with Gasteiger partial charge in [-0.05, 0) is 47.6 Å². The number of esters is 1. The molecule has 1 amide bonds. The van der Waals surface area contributed by atoms with Crippen molar-refractivity contribution in [3.8, 4) is 0 Å². The molecule has 1 rings (SSSR count). The fourth-order valence-electron chi connectivity index (χ4n) is 2.27. The van der Waals surface area contributed by atoms with Gasteiger partial charge in [0.1, 0.15) is 11.2 Å². The molecule has 0 radical (unpaired) electrons. The van der Waals surface area contributed by atoms with Gasteiger partial charge in [-0.25, -0.2) is 13.2 Å². The van der Waals surface area contributed by atoms with E-state index < -0.39 is 39.3 Å². The number of morpholine rings is 1. The average Bonchev–Trinajstić information content (AvgIpc) is 2.50. The molecule has 1 aliphatic heterocycles. The summed E-state index contributed by atoms with van der Waals surface area (Å²) in [6.07, 6.45) is 0.277. The van der Waals surface area contributed by atoms with Crippen molar-refractivity contribution in [2.45, 2.75) is 65.2 Å². The first kappa shape index (κ1) is 24.4. The van der Waals surface area contributed by atoms with Crippen LogP contribution in [0.5, 0.6) is 0 Å². The monoisotopic (exact) mass is 420 g/mol. The van der Waals surface area contributed by atoms with Gasteiger partial charge in [-0.3, -0.25) is 4.79 Å². The number of ether oxygens (including phenoxy) is 3. The van der Waals surface area contributed by atoms with Gasteiger partial charge in [0.2, 0.25) is 10.0 Å². The number of nitrogens with one attached hydrogen (secondary N) is 1. The van der Waals surface area contributed by atoms with E-state index in [1.54, 1.807) is 41.5 Å². The Morgan fingerprint density at radius 2 is 1.61 bits per heavy atom. The summed E-state index contributed by atoms with van der Waals surface area (Å²) >= 11 is 0. The van der Waals surface area contributed by atoms with E-state index in [-0.39, 0.29) is 19.5 Å². The highest BCUT2D eigenvalue weighted by molar-refractivity contribution is 7.92. The first-order valence-corrected chi connectivity index (χ1v) is 10.7. The summed E-state index contributed by atoms with van der Waals surface area (Å²) in [7, 11) is -3.69. The first-order chi connectivity index (χ1) is 12.7. The highest BCUT2D eigenvalue weighted by Crippen LogP contribution is 2.13. The van der Waals surface area contributed by atoms with Crippen molar-refractivity contribution in [3.05, 3.63) is 11.5 Å². The largest absolute Gasteiger partial charge is 0.460 e. The fraction of sp³-hybridized carbons (Fsp3) is 0.778. The first-order valence-electron chi connectivity index (χ1n) is 9.15. The SMILES string of the molecule is CC(C)(C)OC(=O)C[C@@H](/C=C/S(=O)(=O)N1CCOCC1)NC(=O)OC(C)(C)C. The number of alkyl carbamates (subject to hydrolysis) is 1. The molecule has 1 fully saturated rings. The maximum Gasteiger partial charge on any atom is 0.408 e. The van der Waals surface area contributed by atoms with Crippen molar-refractivity contribution in [1.82, 2.24) is 9.62 Å². The van der Waals surface area contributed by atoms with Gasteiger partial charge in [0.15, 0.2) is 0 Å². The van der Waals surface area contributed by atoms with Crippen LogP contribution in [0.3, 0.4) is 0 Å². The van der Waals surface area contributed by atoms with Gasteiger partial charge in [0.25, 0.3) is 0 Å². The van der Waals surface area contributed by atoms with E-state index in [1.165, 1.54) is 10.4 Å². The quantitative estimate of drug-likeness (QED) is 0.652. The van der Waals surface area contributed by atoms with E-state index in [9.17, 15) is 18.0 Å². The van der Waals surface area contributed by atoms with E-state index >= 15 is 0 Å². The lowest BCUT2D eigenvalue weighted by Crippen LogP contribution is -2.41. The molecule has 0 saturated carbocycles. The van der Waals surface area contributed by atoms with Gasteiger partial charge in [-0.2, -0.15) is 4.31 Å². The third-order valence-corrected chi connectivity index (χ3v) is 4.91. The van der Waals surface area contributed by atoms with Crippen LogP contribution in [0, 0.1) is 0 Å². The highest BCUT2D eigenvalue weighted by Gasteiger charge is 2.25. The Bertz CT molecular complexity index is 639. The molecule has 0 bridgehead atoms. The van der Waals surface area contributed by atoms with Crippen molar-refractivity contribution < 1.29 is 32.2 Å². The Balaban J connectivity index is 2.89. The molecule has 1 atom stereocenters. The van der Waals surface area contributed by atoms with E-state index in [0.717, 1.165) is 5.41 Å². The Labute approximate surface area is 167 Å². The molecule has 0 spiro atoms. The molecule has 1 aliphatic rings. The predicted molar refractivity (Wildman–Crippen MR) is 104 cm³/mol. The van der Waals surface area contributed by atoms with Gasteiger partial charge in [-0.1, -0.05) is 0 Å². The molecule has 1 saturated heterocycles. The second-order valence-corrected chi connectivity index (χ2v) is 10.2. The van der Waals surface area contributed by atoms with Crippen LogP contribution in [-0.2, 0) is 29.0 Å². The van der Waals surface area contributed by atoms with E-state index in [4.69, 9.17) is 14.2 Å².